The highest BCUT2D eigenvalue weighted by molar-refractivity contribution is 6.74. The molecule has 0 heterocycles. The molecule has 6 nitrogen and oxygen atoms in total. The van der Waals surface area contributed by atoms with Crippen molar-refractivity contribution in [2.45, 2.75) is 156 Å². The van der Waals surface area contributed by atoms with E-state index in [2.05, 4.69) is 67.7 Å². The lowest BCUT2D eigenvalue weighted by Gasteiger charge is -2.36. The van der Waals surface area contributed by atoms with Crippen LogP contribution in [0.25, 0.3) is 0 Å². The lowest BCUT2D eigenvalue weighted by atomic mass is 10.0. The van der Waals surface area contributed by atoms with Crippen molar-refractivity contribution in [1.29, 1.82) is 0 Å². The number of carbonyl (C=O) groups excluding carboxylic acids is 3. The number of carbonyl (C=O) groups is 3. The molecule has 0 bridgehead atoms. The molecule has 0 fully saturated rings. The second-order valence-electron chi connectivity index (χ2n) is 15.1. The van der Waals surface area contributed by atoms with Crippen molar-refractivity contribution in [3.8, 4) is 0 Å². The number of esters is 1. The highest BCUT2D eigenvalue weighted by atomic mass is 28.4. The van der Waals surface area contributed by atoms with Gasteiger partial charge in [-0.3, -0.25) is 9.59 Å². The van der Waals surface area contributed by atoms with Gasteiger partial charge in [0.25, 0.3) is 0 Å². The van der Waals surface area contributed by atoms with Crippen LogP contribution in [0.2, 0.25) is 36.3 Å². The fraction of sp³-hybridized carbons (Fsp3) is 0.788. The van der Waals surface area contributed by atoms with E-state index in [1.807, 2.05) is 6.08 Å². The minimum Gasteiger partial charge on any atom is -0.456 e. The van der Waals surface area contributed by atoms with E-state index in [1.165, 1.54) is 0 Å². The first kappa shape index (κ1) is 39.6. The van der Waals surface area contributed by atoms with Crippen LogP contribution in [0.3, 0.4) is 0 Å². The molecule has 0 aliphatic heterocycles. The monoisotopic (exact) mass is 610 g/mol. The normalized spacial score (nSPS) is 14.0. The quantitative estimate of drug-likeness (QED) is 0.0385. The van der Waals surface area contributed by atoms with Gasteiger partial charge in [0.2, 0.25) is 0 Å². The topological polar surface area (TPSA) is 78.9 Å². The van der Waals surface area contributed by atoms with Crippen LogP contribution in [0.5, 0.6) is 0 Å². The van der Waals surface area contributed by atoms with Crippen LogP contribution >= 0.6 is 0 Å². The number of hydrogen-bond acceptors (Lipinski definition) is 6. The molecule has 0 rings (SSSR count). The standard InChI is InChI=1S/C33H62O6Si2/c1-31(2,3)39-30(36)28(29(35)24-18-20-26-38-41(12,13)33(7,8)9)23-16-14-15-21-27(34)22-17-19-25-37-40(10,11)32(4,5)6/h15,21,23H,14,16-20,22,24-26H2,1-13H3/b21-15+,28-23-. The Bertz CT molecular complexity index is 896. The number of ether oxygens (including phenoxy) is 1. The Morgan fingerprint density at radius 2 is 1.12 bits per heavy atom. The van der Waals surface area contributed by atoms with Crippen LogP contribution in [0.15, 0.2) is 23.8 Å². The van der Waals surface area contributed by atoms with Gasteiger partial charge in [-0.05, 0) is 102 Å². The van der Waals surface area contributed by atoms with E-state index in [1.54, 1.807) is 32.9 Å². The minimum absolute atomic E-state index is 0.0877. The van der Waals surface area contributed by atoms with Gasteiger partial charge in [-0.15, -0.1) is 0 Å². The minimum atomic E-state index is -1.81. The third-order valence-corrected chi connectivity index (χ3v) is 17.1. The van der Waals surface area contributed by atoms with Crippen molar-refractivity contribution in [2.24, 2.45) is 0 Å². The Morgan fingerprint density at radius 1 is 0.659 bits per heavy atom. The summed E-state index contributed by atoms with van der Waals surface area (Å²) in [5.74, 6) is -0.698. The second-order valence-corrected chi connectivity index (χ2v) is 24.7. The second kappa shape index (κ2) is 17.1. The summed E-state index contributed by atoms with van der Waals surface area (Å²) in [6.45, 7) is 28.9. The average molecular weight is 611 g/mol. The Hall–Kier alpha value is -1.36. The summed E-state index contributed by atoms with van der Waals surface area (Å²) >= 11 is 0. The van der Waals surface area contributed by atoms with Gasteiger partial charge < -0.3 is 13.6 Å². The van der Waals surface area contributed by atoms with Gasteiger partial charge in [0, 0.05) is 26.1 Å². The molecule has 41 heavy (non-hydrogen) atoms. The SMILES string of the molecule is CC(C)(C)OC(=O)/C(=C\CC/C=C/C(=O)CCCCO[Si](C)(C)C(C)(C)C)C(=O)CCCCO[Si](C)(C)C(C)(C)C. The molecular weight excluding hydrogens is 549 g/mol. The molecule has 0 spiro atoms. The zero-order chi connectivity index (χ0) is 32.1. The van der Waals surface area contributed by atoms with Gasteiger partial charge in [0.1, 0.15) is 5.60 Å². The third kappa shape index (κ3) is 16.8. The van der Waals surface area contributed by atoms with Crippen molar-refractivity contribution < 1.29 is 28.0 Å². The Kier molecular flexibility index (Phi) is 16.5. The van der Waals surface area contributed by atoms with E-state index in [9.17, 15) is 14.4 Å². The maximum absolute atomic E-state index is 13.0. The highest BCUT2D eigenvalue weighted by Gasteiger charge is 2.37. The molecule has 0 aliphatic carbocycles. The molecule has 0 saturated heterocycles. The summed E-state index contributed by atoms with van der Waals surface area (Å²) < 4.78 is 17.9. The smallest absolute Gasteiger partial charge is 0.341 e. The van der Waals surface area contributed by atoms with Crippen molar-refractivity contribution in [3.63, 3.8) is 0 Å². The fourth-order valence-corrected chi connectivity index (χ4v) is 5.45. The molecule has 0 atom stereocenters. The molecule has 0 amide bonds. The number of ketones is 2. The molecule has 0 unspecified atom stereocenters. The van der Waals surface area contributed by atoms with Crippen molar-refractivity contribution in [1.82, 2.24) is 0 Å². The zero-order valence-corrected chi connectivity index (χ0v) is 30.8. The van der Waals surface area contributed by atoms with Gasteiger partial charge in [-0.25, -0.2) is 4.79 Å². The third-order valence-electron chi connectivity index (χ3n) is 8.06. The Labute approximate surface area is 254 Å². The van der Waals surface area contributed by atoms with Crippen LogP contribution in [0.1, 0.15) is 114 Å². The maximum Gasteiger partial charge on any atom is 0.341 e. The van der Waals surface area contributed by atoms with E-state index in [0.717, 1.165) is 19.3 Å². The predicted molar refractivity (Wildman–Crippen MR) is 176 cm³/mol. The van der Waals surface area contributed by atoms with Gasteiger partial charge in [0.05, 0.1) is 5.57 Å². The number of rotatable bonds is 18. The van der Waals surface area contributed by atoms with Crippen LogP contribution < -0.4 is 0 Å². The van der Waals surface area contributed by atoms with E-state index >= 15 is 0 Å². The molecule has 238 valence electrons. The zero-order valence-electron chi connectivity index (χ0n) is 28.8. The summed E-state index contributed by atoms with van der Waals surface area (Å²) in [5.41, 5.74) is -0.582. The van der Waals surface area contributed by atoms with E-state index in [4.69, 9.17) is 13.6 Å². The number of allylic oxidation sites excluding steroid dienone is 3. The summed E-state index contributed by atoms with van der Waals surface area (Å²) in [6.07, 6.45) is 10.0. The lowest BCUT2D eigenvalue weighted by molar-refractivity contribution is -0.150. The van der Waals surface area contributed by atoms with Gasteiger partial charge in [-0.2, -0.15) is 0 Å². The average Bonchev–Trinajstić information content (AvgIpc) is 2.77. The molecule has 0 aromatic heterocycles. The number of Topliss-reactive ketones (excluding diaryl/α,β-unsaturated/α-hetero) is 1. The first-order chi connectivity index (χ1) is 18.5. The molecule has 0 N–H and O–H groups in total. The van der Waals surface area contributed by atoms with Crippen LogP contribution in [-0.4, -0.2) is 53.0 Å². The molecule has 0 radical (unpaired) electrons. The van der Waals surface area contributed by atoms with E-state index in [-0.39, 0.29) is 33.6 Å². The van der Waals surface area contributed by atoms with Crippen LogP contribution in [-0.2, 0) is 28.0 Å². The molecule has 8 heteroatoms. The molecule has 0 aromatic rings. The Morgan fingerprint density at radius 3 is 1.56 bits per heavy atom. The number of hydrogen-bond donors (Lipinski definition) is 0. The molecule has 0 saturated carbocycles. The van der Waals surface area contributed by atoms with Crippen molar-refractivity contribution >= 4 is 34.2 Å². The van der Waals surface area contributed by atoms with E-state index in [0.29, 0.717) is 38.9 Å². The van der Waals surface area contributed by atoms with Crippen molar-refractivity contribution in [3.05, 3.63) is 23.8 Å². The fourth-order valence-electron chi connectivity index (χ4n) is 3.28. The number of unbranched alkanes of at least 4 members (excludes halogenated alkanes) is 3. The maximum atomic E-state index is 13.0. The predicted octanol–water partition coefficient (Wildman–Crippen LogP) is 9.11. The Balaban J connectivity index is 4.78. The van der Waals surface area contributed by atoms with Gasteiger partial charge in [0.15, 0.2) is 28.2 Å². The molecule has 0 aliphatic rings. The molecular formula is C33H62O6Si2. The van der Waals surface area contributed by atoms with Gasteiger partial charge >= 0.3 is 5.97 Å². The van der Waals surface area contributed by atoms with Crippen molar-refractivity contribution in [2.75, 3.05) is 13.2 Å². The van der Waals surface area contributed by atoms with Gasteiger partial charge in [-0.1, -0.05) is 53.7 Å². The first-order valence-corrected chi connectivity index (χ1v) is 21.3. The summed E-state index contributed by atoms with van der Waals surface area (Å²) in [5, 5.41) is 0.335. The summed E-state index contributed by atoms with van der Waals surface area (Å²) in [4.78, 5) is 38.0. The highest BCUT2D eigenvalue weighted by Crippen LogP contribution is 2.37. The molecule has 0 aromatic carbocycles. The summed E-state index contributed by atoms with van der Waals surface area (Å²) in [6, 6.07) is 0. The van der Waals surface area contributed by atoms with E-state index < -0.39 is 28.2 Å². The van der Waals surface area contributed by atoms with Crippen LogP contribution in [0, 0.1) is 0 Å². The first-order valence-electron chi connectivity index (χ1n) is 15.4. The largest absolute Gasteiger partial charge is 0.456 e. The lowest BCUT2D eigenvalue weighted by Crippen LogP contribution is -2.40. The summed E-state index contributed by atoms with van der Waals surface area (Å²) in [7, 11) is -3.55. The van der Waals surface area contributed by atoms with Crippen LogP contribution in [0.4, 0.5) is 0 Å².